The topological polar surface area (TPSA) is 37.3 Å². The minimum Gasteiger partial charge on any atom is -0.478 e. The van der Waals surface area contributed by atoms with E-state index in [4.69, 9.17) is 5.11 Å². The summed E-state index contributed by atoms with van der Waals surface area (Å²) in [5, 5.41) is 8.37. The van der Waals surface area contributed by atoms with Gasteiger partial charge in [0, 0.05) is 10.5 Å². The second-order valence-electron chi connectivity index (χ2n) is 2.47. The highest BCUT2D eigenvalue weighted by molar-refractivity contribution is 9.13. The Balaban J connectivity index is 3.07. The van der Waals surface area contributed by atoms with Crippen LogP contribution in [0.25, 0.3) is 6.08 Å². The van der Waals surface area contributed by atoms with Crippen LogP contribution in [-0.4, -0.2) is 11.1 Å². The molecule has 5 heteroatoms. The van der Waals surface area contributed by atoms with Crippen molar-refractivity contribution in [2.24, 2.45) is 0 Å². The molecule has 1 aromatic rings. The monoisotopic (exact) mass is 322 g/mol. The highest BCUT2D eigenvalue weighted by atomic mass is 79.9. The van der Waals surface area contributed by atoms with Crippen molar-refractivity contribution in [2.45, 2.75) is 0 Å². The maximum absolute atomic E-state index is 13.1. The average molecular weight is 324 g/mol. The second kappa shape index (κ2) is 4.70. The van der Waals surface area contributed by atoms with E-state index >= 15 is 0 Å². The molecule has 0 bridgehead atoms. The zero-order chi connectivity index (χ0) is 10.7. The number of carbonyl (C=O) groups is 1. The molecule has 2 nitrogen and oxygen atoms in total. The molecule has 0 aliphatic heterocycles. The third-order valence-corrected chi connectivity index (χ3v) is 3.39. The maximum Gasteiger partial charge on any atom is 0.328 e. The zero-order valence-electron chi connectivity index (χ0n) is 6.80. The Morgan fingerprint density at radius 3 is 2.57 bits per heavy atom. The van der Waals surface area contributed by atoms with Gasteiger partial charge in [-0.15, -0.1) is 0 Å². The van der Waals surface area contributed by atoms with Crippen molar-refractivity contribution < 1.29 is 14.3 Å². The predicted molar refractivity (Wildman–Crippen MR) is 58.5 cm³/mol. The van der Waals surface area contributed by atoms with E-state index in [-0.39, 0.29) is 0 Å². The van der Waals surface area contributed by atoms with Crippen molar-refractivity contribution >= 4 is 43.9 Å². The van der Waals surface area contributed by atoms with Gasteiger partial charge in [-0.2, -0.15) is 0 Å². The fourth-order valence-electron chi connectivity index (χ4n) is 0.839. The van der Waals surface area contributed by atoms with Gasteiger partial charge in [0.15, 0.2) is 0 Å². The molecule has 1 N–H and O–H groups in total. The average Bonchev–Trinajstić information content (AvgIpc) is 2.10. The summed E-state index contributed by atoms with van der Waals surface area (Å²) in [6.07, 6.45) is 2.28. The van der Waals surface area contributed by atoms with Gasteiger partial charge in [0.2, 0.25) is 0 Å². The molecule has 1 rings (SSSR count). The Morgan fingerprint density at radius 2 is 2.07 bits per heavy atom. The fourth-order valence-corrected chi connectivity index (χ4v) is 1.52. The van der Waals surface area contributed by atoms with Crippen molar-refractivity contribution in [2.75, 3.05) is 0 Å². The summed E-state index contributed by atoms with van der Waals surface area (Å²) in [5.41, 5.74) is 0.486. The normalized spacial score (nSPS) is 10.8. The number of carboxylic acids is 1. The molecule has 0 aromatic heterocycles. The third-order valence-electron chi connectivity index (χ3n) is 1.42. The number of carboxylic acid groups (broad SMARTS) is 1. The fraction of sp³-hybridized carbons (Fsp3) is 0. The highest BCUT2D eigenvalue weighted by Crippen LogP contribution is 2.27. The summed E-state index contributed by atoms with van der Waals surface area (Å²) < 4.78 is 14.0. The van der Waals surface area contributed by atoms with Crippen molar-refractivity contribution in [1.82, 2.24) is 0 Å². The van der Waals surface area contributed by atoms with Gasteiger partial charge in [0.1, 0.15) is 5.82 Å². The predicted octanol–water partition coefficient (Wildman–Crippen LogP) is 3.45. The van der Waals surface area contributed by atoms with Crippen molar-refractivity contribution in [1.29, 1.82) is 0 Å². The number of rotatable bonds is 2. The molecule has 14 heavy (non-hydrogen) atoms. The molecule has 1 aromatic carbocycles. The molecule has 0 amide bonds. The molecule has 0 aliphatic rings. The first kappa shape index (κ1) is 11.4. The molecule has 0 aliphatic carbocycles. The number of halogens is 3. The standard InChI is InChI=1S/C9H5Br2FO2/c10-6-3-5(1-2-8(13)14)4-7(12)9(6)11/h1-4H,(H,13,14)/b2-1+. The minimum absolute atomic E-state index is 0.324. The van der Waals surface area contributed by atoms with Crippen LogP contribution in [-0.2, 0) is 4.79 Å². The lowest BCUT2D eigenvalue weighted by atomic mass is 10.2. The lowest BCUT2D eigenvalue weighted by Crippen LogP contribution is -1.87. The Bertz CT molecular complexity index is 379. The first-order chi connectivity index (χ1) is 6.50. The van der Waals surface area contributed by atoms with Crippen LogP contribution >= 0.6 is 31.9 Å². The highest BCUT2D eigenvalue weighted by Gasteiger charge is 2.04. The zero-order valence-corrected chi connectivity index (χ0v) is 9.97. The second-order valence-corrected chi connectivity index (χ2v) is 4.12. The number of aliphatic carboxylic acids is 1. The molecular formula is C9H5Br2FO2. The minimum atomic E-state index is -1.07. The molecule has 0 atom stereocenters. The molecule has 0 fully saturated rings. The quantitative estimate of drug-likeness (QED) is 0.668. The van der Waals surface area contributed by atoms with Gasteiger partial charge in [-0.05, 0) is 55.6 Å². The van der Waals surface area contributed by atoms with E-state index in [0.717, 1.165) is 6.08 Å². The van der Waals surface area contributed by atoms with Gasteiger partial charge in [-0.3, -0.25) is 0 Å². The summed E-state index contributed by atoms with van der Waals surface area (Å²) in [4.78, 5) is 10.2. The van der Waals surface area contributed by atoms with Gasteiger partial charge in [-0.25, -0.2) is 9.18 Å². The summed E-state index contributed by atoms with van der Waals surface area (Å²) >= 11 is 6.17. The van der Waals surface area contributed by atoms with E-state index in [2.05, 4.69) is 31.9 Å². The molecule has 0 saturated heterocycles. The van der Waals surface area contributed by atoms with E-state index in [9.17, 15) is 9.18 Å². The van der Waals surface area contributed by atoms with E-state index in [1.54, 1.807) is 6.07 Å². The van der Waals surface area contributed by atoms with Gasteiger partial charge in [0.25, 0.3) is 0 Å². The lowest BCUT2D eigenvalue weighted by Gasteiger charge is -2.00. The summed E-state index contributed by atoms with van der Waals surface area (Å²) in [7, 11) is 0. The molecule has 0 unspecified atom stereocenters. The molecule has 0 saturated carbocycles. The van der Waals surface area contributed by atoms with Gasteiger partial charge < -0.3 is 5.11 Å². The van der Waals surface area contributed by atoms with Crippen LogP contribution in [0.4, 0.5) is 4.39 Å². The van der Waals surface area contributed by atoms with Crippen LogP contribution in [0.5, 0.6) is 0 Å². The van der Waals surface area contributed by atoms with Crippen molar-refractivity contribution in [3.05, 3.63) is 38.5 Å². The van der Waals surface area contributed by atoms with E-state index in [1.807, 2.05) is 0 Å². The number of hydrogen-bond acceptors (Lipinski definition) is 1. The maximum atomic E-state index is 13.1. The molecule has 0 radical (unpaired) electrons. The van der Waals surface area contributed by atoms with Crippen LogP contribution in [0.2, 0.25) is 0 Å². The van der Waals surface area contributed by atoms with Gasteiger partial charge >= 0.3 is 5.97 Å². The van der Waals surface area contributed by atoms with Crippen LogP contribution in [0, 0.1) is 5.82 Å². The first-order valence-electron chi connectivity index (χ1n) is 3.56. The van der Waals surface area contributed by atoms with Crippen LogP contribution in [0.15, 0.2) is 27.2 Å². The Labute approximate surface area is 96.7 Å². The van der Waals surface area contributed by atoms with E-state index in [0.29, 0.717) is 14.5 Å². The summed E-state index contributed by atoms with van der Waals surface area (Å²) in [6.45, 7) is 0. The van der Waals surface area contributed by atoms with Gasteiger partial charge in [0.05, 0.1) is 4.47 Å². The largest absolute Gasteiger partial charge is 0.478 e. The van der Waals surface area contributed by atoms with Crippen LogP contribution < -0.4 is 0 Å². The molecule has 0 spiro atoms. The Morgan fingerprint density at radius 1 is 1.43 bits per heavy atom. The third kappa shape index (κ3) is 2.92. The number of hydrogen-bond donors (Lipinski definition) is 1. The van der Waals surface area contributed by atoms with E-state index < -0.39 is 11.8 Å². The molecule has 74 valence electrons. The smallest absolute Gasteiger partial charge is 0.328 e. The summed E-state index contributed by atoms with van der Waals surface area (Å²) in [5.74, 6) is -1.51. The SMILES string of the molecule is O=C(O)/C=C/c1cc(F)c(Br)c(Br)c1. The number of benzene rings is 1. The molecular weight excluding hydrogens is 319 g/mol. The van der Waals surface area contributed by atoms with Crippen molar-refractivity contribution in [3.63, 3.8) is 0 Å². The van der Waals surface area contributed by atoms with Crippen LogP contribution in [0.3, 0.4) is 0 Å². The van der Waals surface area contributed by atoms with Crippen molar-refractivity contribution in [3.8, 4) is 0 Å². The summed E-state index contributed by atoms with van der Waals surface area (Å²) in [6, 6.07) is 2.86. The van der Waals surface area contributed by atoms with Gasteiger partial charge in [-0.1, -0.05) is 0 Å². The van der Waals surface area contributed by atoms with E-state index in [1.165, 1.54) is 12.1 Å². The Hall–Kier alpha value is -0.680. The lowest BCUT2D eigenvalue weighted by molar-refractivity contribution is -0.131. The van der Waals surface area contributed by atoms with Crippen LogP contribution in [0.1, 0.15) is 5.56 Å². The Kier molecular flexibility index (Phi) is 3.83. The first-order valence-corrected chi connectivity index (χ1v) is 5.15. The molecule has 0 heterocycles.